The van der Waals surface area contributed by atoms with Gasteiger partial charge < -0.3 is 10.2 Å². The summed E-state index contributed by atoms with van der Waals surface area (Å²) in [6, 6.07) is 0. The normalized spacial score (nSPS) is 12.8. The number of aliphatic hydroxyl groups excluding tert-OH is 1. The van der Waals surface area contributed by atoms with E-state index in [0.29, 0.717) is 6.42 Å². The summed E-state index contributed by atoms with van der Waals surface area (Å²) in [6.45, 7) is 2.09. The van der Waals surface area contributed by atoms with Crippen LogP contribution in [-0.4, -0.2) is 22.3 Å². The maximum atomic E-state index is 10.3. The van der Waals surface area contributed by atoms with Crippen molar-refractivity contribution in [3.8, 4) is 0 Å². The number of carboxylic acid groups (broad SMARTS) is 1. The molecule has 0 aromatic rings. The SMILES string of the molecule is CCCC(O)/C=C\CCCCCCCCCCCCC(=O)O. The second kappa shape index (κ2) is 16.5. The van der Waals surface area contributed by atoms with E-state index < -0.39 is 5.97 Å². The second-order valence-electron chi connectivity index (χ2n) is 6.25. The third-order valence-electron chi connectivity index (χ3n) is 3.95. The van der Waals surface area contributed by atoms with Gasteiger partial charge in [-0.15, -0.1) is 0 Å². The first kappa shape index (κ1) is 21.2. The number of rotatable bonds is 16. The van der Waals surface area contributed by atoms with Crippen molar-refractivity contribution in [2.45, 2.75) is 103 Å². The van der Waals surface area contributed by atoms with Crippen molar-refractivity contribution in [2.75, 3.05) is 0 Å². The van der Waals surface area contributed by atoms with E-state index in [0.717, 1.165) is 32.1 Å². The third-order valence-corrected chi connectivity index (χ3v) is 3.95. The Balaban J connectivity index is 3.13. The Kier molecular flexibility index (Phi) is 15.9. The Labute approximate surface area is 136 Å². The van der Waals surface area contributed by atoms with Gasteiger partial charge in [0.2, 0.25) is 0 Å². The lowest BCUT2D eigenvalue weighted by Crippen LogP contribution is -1.99. The second-order valence-corrected chi connectivity index (χ2v) is 6.25. The van der Waals surface area contributed by atoms with Crippen LogP contribution in [0.1, 0.15) is 96.8 Å². The lowest BCUT2D eigenvalue weighted by molar-refractivity contribution is -0.137. The molecular weight excluding hydrogens is 276 g/mol. The maximum absolute atomic E-state index is 10.3. The first-order chi connectivity index (χ1) is 10.7. The number of unbranched alkanes of at least 4 members (excludes halogenated alkanes) is 10. The predicted octanol–water partition coefficient (Wildman–Crippen LogP) is 5.47. The van der Waals surface area contributed by atoms with Crippen LogP contribution in [-0.2, 0) is 4.79 Å². The van der Waals surface area contributed by atoms with Crippen LogP contribution in [0.5, 0.6) is 0 Å². The van der Waals surface area contributed by atoms with Gasteiger partial charge in [-0.05, 0) is 25.7 Å². The van der Waals surface area contributed by atoms with Gasteiger partial charge in [0.1, 0.15) is 0 Å². The van der Waals surface area contributed by atoms with Gasteiger partial charge in [-0.1, -0.05) is 76.9 Å². The summed E-state index contributed by atoms with van der Waals surface area (Å²) in [7, 11) is 0. The van der Waals surface area contributed by atoms with E-state index >= 15 is 0 Å². The van der Waals surface area contributed by atoms with Gasteiger partial charge >= 0.3 is 5.97 Å². The fraction of sp³-hybridized carbons (Fsp3) is 0.842. The molecule has 0 aliphatic heterocycles. The first-order valence-corrected chi connectivity index (χ1v) is 9.23. The quantitative estimate of drug-likeness (QED) is 0.293. The Bertz CT molecular complexity index is 274. The van der Waals surface area contributed by atoms with Crippen molar-refractivity contribution in [3.05, 3.63) is 12.2 Å². The molecule has 0 aromatic heterocycles. The van der Waals surface area contributed by atoms with E-state index in [-0.39, 0.29) is 6.10 Å². The topological polar surface area (TPSA) is 57.5 Å². The van der Waals surface area contributed by atoms with Crippen molar-refractivity contribution in [1.82, 2.24) is 0 Å². The van der Waals surface area contributed by atoms with Crippen LogP contribution in [0.3, 0.4) is 0 Å². The molecule has 1 unspecified atom stereocenters. The van der Waals surface area contributed by atoms with Crippen LogP contribution in [0.25, 0.3) is 0 Å². The number of aliphatic carboxylic acids is 1. The van der Waals surface area contributed by atoms with Gasteiger partial charge in [-0.25, -0.2) is 0 Å². The van der Waals surface area contributed by atoms with Gasteiger partial charge in [0.25, 0.3) is 0 Å². The van der Waals surface area contributed by atoms with Crippen LogP contribution in [0.4, 0.5) is 0 Å². The van der Waals surface area contributed by atoms with Gasteiger partial charge in [0.05, 0.1) is 6.10 Å². The molecule has 2 N–H and O–H groups in total. The van der Waals surface area contributed by atoms with Crippen LogP contribution < -0.4 is 0 Å². The molecule has 0 heterocycles. The van der Waals surface area contributed by atoms with E-state index in [1.165, 1.54) is 51.4 Å². The average molecular weight is 312 g/mol. The van der Waals surface area contributed by atoms with E-state index in [2.05, 4.69) is 13.0 Å². The number of allylic oxidation sites excluding steroid dienone is 1. The summed E-state index contributed by atoms with van der Waals surface area (Å²) in [5, 5.41) is 18.1. The Morgan fingerprint density at radius 1 is 0.909 bits per heavy atom. The van der Waals surface area contributed by atoms with Crippen LogP contribution in [0, 0.1) is 0 Å². The minimum atomic E-state index is -0.672. The molecule has 0 saturated heterocycles. The monoisotopic (exact) mass is 312 g/mol. The molecule has 3 heteroatoms. The van der Waals surface area contributed by atoms with Crippen molar-refractivity contribution < 1.29 is 15.0 Å². The zero-order chi connectivity index (χ0) is 16.5. The molecule has 3 nitrogen and oxygen atoms in total. The maximum Gasteiger partial charge on any atom is 0.303 e. The van der Waals surface area contributed by atoms with Crippen LogP contribution in [0.15, 0.2) is 12.2 Å². The predicted molar refractivity (Wildman–Crippen MR) is 93.1 cm³/mol. The van der Waals surface area contributed by atoms with Gasteiger partial charge in [-0.3, -0.25) is 4.79 Å². The third kappa shape index (κ3) is 17.2. The molecule has 0 aliphatic rings. The lowest BCUT2D eigenvalue weighted by atomic mass is 10.0. The molecule has 0 amide bonds. The van der Waals surface area contributed by atoms with E-state index in [1.807, 2.05) is 6.08 Å². The lowest BCUT2D eigenvalue weighted by Gasteiger charge is -2.03. The Hall–Kier alpha value is -0.830. The highest BCUT2D eigenvalue weighted by Gasteiger charge is 1.97. The largest absolute Gasteiger partial charge is 0.481 e. The summed E-state index contributed by atoms with van der Waals surface area (Å²) in [5.74, 6) is -0.672. The average Bonchev–Trinajstić information content (AvgIpc) is 2.47. The highest BCUT2D eigenvalue weighted by Crippen LogP contribution is 2.12. The van der Waals surface area contributed by atoms with Crippen molar-refractivity contribution >= 4 is 5.97 Å². The molecular formula is C19H36O3. The molecule has 1 atom stereocenters. The number of carbonyl (C=O) groups is 1. The molecule has 0 aliphatic carbocycles. The summed E-state index contributed by atoms with van der Waals surface area (Å²) in [4.78, 5) is 10.3. The minimum Gasteiger partial charge on any atom is -0.481 e. The van der Waals surface area contributed by atoms with Crippen molar-refractivity contribution in [1.29, 1.82) is 0 Å². The fourth-order valence-corrected chi connectivity index (χ4v) is 2.60. The minimum absolute atomic E-state index is 0.250. The standard InChI is InChI=1S/C19H36O3/c1-2-15-18(20)16-13-11-9-7-5-3-4-6-8-10-12-14-17-19(21)22/h13,16,18,20H,2-12,14-15,17H2,1H3,(H,21,22)/b16-13-. The van der Waals surface area contributed by atoms with Gasteiger partial charge in [0.15, 0.2) is 0 Å². The summed E-state index contributed by atoms with van der Waals surface area (Å²) in [5.41, 5.74) is 0. The van der Waals surface area contributed by atoms with Crippen molar-refractivity contribution in [2.24, 2.45) is 0 Å². The highest BCUT2D eigenvalue weighted by molar-refractivity contribution is 5.66. The van der Waals surface area contributed by atoms with Gasteiger partial charge in [-0.2, -0.15) is 0 Å². The summed E-state index contributed by atoms with van der Waals surface area (Å²) in [6.07, 6.45) is 19.2. The molecule has 0 bridgehead atoms. The molecule has 0 saturated carbocycles. The Morgan fingerprint density at radius 2 is 1.41 bits per heavy atom. The summed E-state index contributed by atoms with van der Waals surface area (Å²) >= 11 is 0. The number of carboxylic acids is 1. The van der Waals surface area contributed by atoms with Crippen molar-refractivity contribution in [3.63, 3.8) is 0 Å². The van der Waals surface area contributed by atoms with Crippen LogP contribution in [0.2, 0.25) is 0 Å². The van der Waals surface area contributed by atoms with Crippen LogP contribution >= 0.6 is 0 Å². The summed E-state index contributed by atoms with van der Waals surface area (Å²) < 4.78 is 0. The van der Waals surface area contributed by atoms with Gasteiger partial charge in [0, 0.05) is 6.42 Å². The number of hydrogen-bond donors (Lipinski definition) is 2. The number of hydrogen-bond acceptors (Lipinski definition) is 2. The molecule has 0 rings (SSSR count). The molecule has 22 heavy (non-hydrogen) atoms. The molecule has 0 spiro atoms. The fourth-order valence-electron chi connectivity index (χ4n) is 2.60. The zero-order valence-corrected chi connectivity index (χ0v) is 14.4. The number of aliphatic hydroxyl groups is 1. The highest BCUT2D eigenvalue weighted by atomic mass is 16.4. The first-order valence-electron chi connectivity index (χ1n) is 9.23. The molecule has 0 radical (unpaired) electrons. The Morgan fingerprint density at radius 3 is 1.91 bits per heavy atom. The zero-order valence-electron chi connectivity index (χ0n) is 14.4. The molecule has 0 aromatic carbocycles. The molecule has 130 valence electrons. The molecule has 0 fully saturated rings. The van der Waals surface area contributed by atoms with E-state index in [9.17, 15) is 9.90 Å². The van der Waals surface area contributed by atoms with E-state index in [4.69, 9.17) is 5.11 Å². The van der Waals surface area contributed by atoms with E-state index in [1.54, 1.807) is 0 Å². The smallest absolute Gasteiger partial charge is 0.303 e.